The SMILES string of the molecule is CN(CCC(F)(F)F)c1nc2c(cc1C(N)=S)CCC2. The fourth-order valence-electron chi connectivity index (χ4n) is 2.33. The summed E-state index contributed by atoms with van der Waals surface area (Å²) >= 11 is 4.99. The molecule has 0 atom stereocenters. The Morgan fingerprint density at radius 3 is 2.75 bits per heavy atom. The van der Waals surface area contributed by atoms with Crippen molar-refractivity contribution in [1.29, 1.82) is 0 Å². The average molecular weight is 303 g/mol. The number of nitrogens with two attached hydrogens (primary N) is 1. The lowest BCUT2D eigenvalue weighted by Crippen LogP contribution is -2.28. The van der Waals surface area contributed by atoms with Gasteiger partial charge < -0.3 is 10.6 Å². The fraction of sp³-hybridized carbons (Fsp3) is 0.538. The highest BCUT2D eigenvalue weighted by atomic mass is 32.1. The molecule has 1 aromatic heterocycles. The Hall–Kier alpha value is -1.37. The smallest absolute Gasteiger partial charge is 0.389 e. The van der Waals surface area contributed by atoms with Gasteiger partial charge in [0, 0.05) is 19.3 Å². The lowest BCUT2D eigenvalue weighted by molar-refractivity contribution is -0.132. The zero-order chi connectivity index (χ0) is 14.9. The lowest BCUT2D eigenvalue weighted by Gasteiger charge is -2.22. The third kappa shape index (κ3) is 3.39. The molecule has 0 spiro atoms. The molecule has 0 saturated carbocycles. The number of aromatic nitrogens is 1. The van der Waals surface area contributed by atoms with Crippen LogP contribution in [0.3, 0.4) is 0 Å². The van der Waals surface area contributed by atoms with E-state index in [2.05, 4.69) is 4.98 Å². The monoisotopic (exact) mass is 303 g/mol. The predicted molar refractivity (Wildman–Crippen MR) is 76.1 cm³/mol. The highest BCUT2D eigenvalue weighted by Crippen LogP contribution is 2.28. The first-order valence-corrected chi connectivity index (χ1v) is 6.79. The number of halogens is 3. The van der Waals surface area contributed by atoms with Crippen LogP contribution < -0.4 is 10.6 Å². The average Bonchev–Trinajstić information content (AvgIpc) is 2.80. The van der Waals surface area contributed by atoms with Gasteiger partial charge in [0.25, 0.3) is 0 Å². The Morgan fingerprint density at radius 2 is 2.15 bits per heavy atom. The number of nitrogens with zero attached hydrogens (tertiary/aromatic N) is 2. The summed E-state index contributed by atoms with van der Waals surface area (Å²) < 4.78 is 36.9. The van der Waals surface area contributed by atoms with E-state index in [1.807, 2.05) is 6.07 Å². The van der Waals surface area contributed by atoms with Crippen LogP contribution in [0, 0.1) is 0 Å². The number of hydrogen-bond donors (Lipinski definition) is 1. The molecule has 0 unspecified atom stereocenters. The number of pyridine rings is 1. The van der Waals surface area contributed by atoms with E-state index in [9.17, 15) is 13.2 Å². The number of hydrogen-bond acceptors (Lipinski definition) is 3. The Balaban J connectivity index is 2.27. The maximum atomic E-state index is 12.3. The second-order valence-corrected chi connectivity index (χ2v) is 5.41. The van der Waals surface area contributed by atoms with Crippen molar-refractivity contribution in [3.63, 3.8) is 0 Å². The number of alkyl halides is 3. The molecule has 2 rings (SSSR count). The highest BCUT2D eigenvalue weighted by molar-refractivity contribution is 7.80. The minimum absolute atomic E-state index is 0.162. The van der Waals surface area contributed by atoms with E-state index in [-0.39, 0.29) is 11.5 Å². The van der Waals surface area contributed by atoms with E-state index >= 15 is 0 Å². The Kier molecular flexibility index (Phi) is 4.17. The molecule has 7 heteroatoms. The standard InChI is InChI=1S/C13H16F3N3S/c1-19(6-5-13(14,15)16)12-9(11(17)20)7-8-3-2-4-10(8)18-12/h7H,2-6H2,1H3,(H2,17,20). The van der Waals surface area contributed by atoms with Crippen molar-refractivity contribution < 1.29 is 13.2 Å². The molecule has 3 nitrogen and oxygen atoms in total. The van der Waals surface area contributed by atoms with Crippen molar-refractivity contribution in [2.75, 3.05) is 18.5 Å². The second-order valence-electron chi connectivity index (χ2n) is 4.97. The van der Waals surface area contributed by atoms with Crippen LogP contribution in [-0.4, -0.2) is 29.7 Å². The molecule has 1 aliphatic rings. The van der Waals surface area contributed by atoms with Crippen molar-refractivity contribution in [3.05, 3.63) is 22.9 Å². The molecule has 1 heterocycles. The van der Waals surface area contributed by atoms with Gasteiger partial charge in [0.15, 0.2) is 0 Å². The van der Waals surface area contributed by atoms with Gasteiger partial charge in [0.05, 0.1) is 12.0 Å². The number of aryl methyl sites for hydroxylation is 2. The molecule has 0 aliphatic heterocycles. The number of rotatable bonds is 4. The van der Waals surface area contributed by atoms with Gasteiger partial charge in [-0.1, -0.05) is 12.2 Å². The molecule has 0 saturated heterocycles. The molecule has 0 bridgehead atoms. The van der Waals surface area contributed by atoms with E-state index in [1.54, 1.807) is 7.05 Å². The topological polar surface area (TPSA) is 42.2 Å². The maximum Gasteiger partial charge on any atom is 0.390 e. The summed E-state index contributed by atoms with van der Waals surface area (Å²) in [4.78, 5) is 6.11. The summed E-state index contributed by atoms with van der Waals surface area (Å²) in [6.07, 6.45) is -2.29. The van der Waals surface area contributed by atoms with E-state index in [0.29, 0.717) is 11.4 Å². The third-order valence-electron chi connectivity index (χ3n) is 3.39. The molecular formula is C13H16F3N3S. The molecule has 110 valence electrons. The number of fused-ring (bicyclic) bond motifs is 1. The molecule has 0 fully saturated rings. The van der Waals surface area contributed by atoms with Gasteiger partial charge in [0.1, 0.15) is 10.8 Å². The Bertz CT molecular complexity index is 528. The van der Waals surface area contributed by atoms with Crippen molar-refractivity contribution >= 4 is 23.0 Å². The van der Waals surface area contributed by atoms with E-state index < -0.39 is 12.6 Å². The summed E-state index contributed by atoms with van der Waals surface area (Å²) in [6.45, 7) is -0.162. The molecule has 0 amide bonds. The fourth-order valence-corrected chi connectivity index (χ4v) is 2.48. The first-order chi connectivity index (χ1) is 9.28. The summed E-state index contributed by atoms with van der Waals surface area (Å²) in [5, 5.41) is 0. The highest BCUT2D eigenvalue weighted by Gasteiger charge is 2.28. The third-order valence-corrected chi connectivity index (χ3v) is 3.61. The summed E-state index contributed by atoms with van der Waals surface area (Å²) in [7, 11) is 1.58. The molecule has 1 aromatic rings. The predicted octanol–water partition coefficient (Wildman–Crippen LogP) is 2.59. The minimum Gasteiger partial charge on any atom is -0.389 e. The van der Waals surface area contributed by atoms with Crippen molar-refractivity contribution in [2.45, 2.75) is 31.9 Å². The quantitative estimate of drug-likeness (QED) is 0.868. The van der Waals surface area contributed by atoms with Gasteiger partial charge >= 0.3 is 6.18 Å². The molecule has 1 aliphatic carbocycles. The van der Waals surface area contributed by atoms with Crippen LogP contribution in [0.4, 0.5) is 19.0 Å². The second kappa shape index (κ2) is 5.55. The number of thiocarbonyl (C=S) groups is 1. The van der Waals surface area contributed by atoms with Crippen molar-refractivity contribution in [3.8, 4) is 0 Å². The normalized spacial score (nSPS) is 14.2. The van der Waals surface area contributed by atoms with Gasteiger partial charge in [-0.25, -0.2) is 4.98 Å². The molecular weight excluding hydrogens is 287 g/mol. The van der Waals surface area contributed by atoms with Gasteiger partial charge in [-0.2, -0.15) is 13.2 Å². The first kappa shape index (κ1) is 15.0. The van der Waals surface area contributed by atoms with Crippen molar-refractivity contribution in [1.82, 2.24) is 4.98 Å². The van der Waals surface area contributed by atoms with Crippen LogP contribution >= 0.6 is 12.2 Å². The van der Waals surface area contributed by atoms with Crippen LogP contribution in [-0.2, 0) is 12.8 Å². The summed E-state index contributed by atoms with van der Waals surface area (Å²) in [6, 6.07) is 1.87. The van der Waals surface area contributed by atoms with Gasteiger partial charge in [0.2, 0.25) is 0 Å². The summed E-state index contributed by atoms with van der Waals surface area (Å²) in [5.41, 5.74) is 8.27. The van der Waals surface area contributed by atoms with E-state index in [4.69, 9.17) is 18.0 Å². The van der Waals surface area contributed by atoms with Crippen molar-refractivity contribution in [2.24, 2.45) is 5.73 Å². The van der Waals surface area contributed by atoms with E-state index in [1.165, 1.54) is 4.90 Å². The zero-order valence-corrected chi connectivity index (χ0v) is 11.9. The summed E-state index contributed by atoms with van der Waals surface area (Å²) in [5.74, 6) is 0.447. The van der Waals surface area contributed by atoms with Gasteiger partial charge in [-0.15, -0.1) is 0 Å². The Morgan fingerprint density at radius 1 is 1.45 bits per heavy atom. The van der Waals surface area contributed by atoms with Crippen LogP contribution in [0.1, 0.15) is 29.7 Å². The van der Waals surface area contributed by atoms with E-state index in [0.717, 1.165) is 30.5 Å². The van der Waals surface area contributed by atoms with Gasteiger partial charge in [-0.3, -0.25) is 0 Å². The lowest BCUT2D eigenvalue weighted by atomic mass is 10.1. The first-order valence-electron chi connectivity index (χ1n) is 6.38. The largest absolute Gasteiger partial charge is 0.390 e. The molecule has 2 N–H and O–H groups in total. The zero-order valence-electron chi connectivity index (χ0n) is 11.1. The van der Waals surface area contributed by atoms with Crippen LogP contribution in [0.25, 0.3) is 0 Å². The van der Waals surface area contributed by atoms with Crippen LogP contribution in [0.15, 0.2) is 6.07 Å². The minimum atomic E-state index is -4.19. The van der Waals surface area contributed by atoms with Crippen LogP contribution in [0.2, 0.25) is 0 Å². The Labute approximate surface area is 121 Å². The molecule has 20 heavy (non-hydrogen) atoms. The van der Waals surface area contributed by atoms with Crippen LogP contribution in [0.5, 0.6) is 0 Å². The maximum absolute atomic E-state index is 12.3. The van der Waals surface area contributed by atoms with Gasteiger partial charge in [-0.05, 0) is 30.9 Å². The molecule has 0 radical (unpaired) electrons. The number of anilines is 1. The molecule has 0 aromatic carbocycles.